The number of carbonyl (C=O) groups excluding carboxylic acids is 2. The molecule has 1 unspecified atom stereocenters. The lowest BCUT2D eigenvalue weighted by Crippen LogP contribution is -2.51. The molecular formula is C28H29Cl4N3O4S. The van der Waals surface area contributed by atoms with Crippen molar-refractivity contribution in [2.24, 2.45) is 0 Å². The van der Waals surface area contributed by atoms with Gasteiger partial charge in [-0.25, -0.2) is 8.42 Å². The Balaban J connectivity index is 2.08. The monoisotopic (exact) mass is 643 g/mol. The third-order valence-electron chi connectivity index (χ3n) is 6.16. The van der Waals surface area contributed by atoms with Gasteiger partial charge in [0.2, 0.25) is 11.8 Å². The Bertz CT molecular complexity index is 1480. The summed E-state index contributed by atoms with van der Waals surface area (Å²) in [5.74, 6) is -1.05. The van der Waals surface area contributed by atoms with Crippen LogP contribution in [0.15, 0.2) is 65.6 Å². The number of benzene rings is 3. The second-order valence-corrected chi connectivity index (χ2v) is 12.6. The molecule has 0 aliphatic carbocycles. The molecule has 12 heteroatoms. The van der Waals surface area contributed by atoms with Gasteiger partial charge in [-0.1, -0.05) is 83.2 Å². The average Bonchev–Trinajstić information content (AvgIpc) is 2.91. The molecule has 0 radical (unpaired) electrons. The Morgan fingerprint density at radius 2 is 1.62 bits per heavy atom. The number of anilines is 1. The standard InChI is InChI=1S/C28H29Cl4N3O4S/c1-4-14-33-28(37)19(3)34(16-20-10-11-21(29)15-24(20)31)26(36)17-35(25-7-5-6-23(30)27(25)32)40(38,39)22-12-8-18(2)9-13-22/h5-13,15,19H,4,14,16-17H2,1-3H3,(H,33,37). The summed E-state index contributed by atoms with van der Waals surface area (Å²) in [4.78, 5) is 28.1. The number of carbonyl (C=O) groups is 2. The lowest BCUT2D eigenvalue weighted by atomic mass is 10.1. The van der Waals surface area contributed by atoms with Crippen LogP contribution in [0.2, 0.25) is 20.1 Å². The molecule has 0 aromatic heterocycles. The fraction of sp³-hybridized carbons (Fsp3) is 0.286. The molecule has 1 atom stereocenters. The molecule has 0 bridgehead atoms. The molecule has 0 aliphatic heterocycles. The Labute approximate surface area is 255 Å². The van der Waals surface area contributed by atoms with Gasteiger partial charge < -0.3 is 10.2 Å². The lowest BCUT2D eigenvalue weighted by Gasteiger charge is -2.32. The van der Waals surface area contributed by atoms with Crippen LogP contribution < -0.4 is 9.62 Å². The van der Waals surface area contributed by atoms with Gasteiger partial charge in [-0.05, 0) is 62.2 Å². The zero-order valence-electron chi connectivity index (χ0n) is 22.1. The van der Waals surface area contributed by atoms with E-state index in [1.807, 2.05) is 13.8 Å². The molecule has 3 aromatic rings. The number of aryl methyl sites for hydroxylation is 1. The summed E-state index contributed by atoms with van der Waals surface area (Å²) in [5, 5.41) is 3.58. The third kappa shape index (κ3) is 7.62. The minimum atomic E-state index is -4.29. The van der Waals surface area contributed by atoms with E-state index in [1.54, 1.807) is 31.2 Å². The Morgan fingerprint density at radius 3 is 2.25 bits per heavy atom. The topological polar surface area (TPSA) is 86.8 Å². The third-order valence-corrected chi connectivity index (χ3v) is 9.33. The van der Waals surface area contributed by atoms with E-state index >= 15 is 0 Å². The van der Waals surface area contributed by atoms with Gasteiger partial charge in [0, 0.05) is 23.1 Å². The van der Waals surface area contributed by atoms with Gasteiger partial charge >= 0.3 is 0 Å². The molecule has 2 amide bonds. The molecule has 7 nitrogen and oxygen atoms in total. The minimum absolute atomic E-state index is 0.0238. The quantitative estimate of drug-likeness (QED) is 0.250. The van der Waals surface area contributed by atoms with Crippen LogP contribution in [0.1, 0.15) is 31.4 Å². The summed E-state index contributed by atoms with van der Waals surface area (Å²) in [6.45, 7) is 4.99. The minimum Gasteiger partial charge on any atom is -0.354 e. The van der Waals surface area contributed by atoms with Crippen molar-refractivity contribution < 1.29 is 18.0 Å². The molecule has 40 heavy (non-hydrogen) atoms. The second-order valence-electron chi connectivity index (χ2n) is 9.12. The smallest absolute Gasteiger partial charge is 0.264 e. The van der Waals surface area contributed by atoms with Crippen molar-refractivity contribution in [3.63, 3.8) is 0 Å². The first kappa shape index (κ1) is 32.0. The molecule has 3 rings (SSSR count). The second kappa shape index (κ2) is 13.9. The summed E-state index contributed by atoms with van der Waals surface area (Å²) in [6, 6.07) is 14.6. The Hall–Kier alpha value is -2.49. The number of halogens is 4. The van der Waals surface area contributed by atoms with E-state index in [1.165, 1.54) is 41.3 Å². The van der Waals surface area contributed by atoms with Gasteiger partial charge in [-0.15, -0.1) is 0 Å². The van der Waals surface area contributed by atoms with E-state index in [2.05, 4.69) is 5.32 Å². The number of nitrogens with zero attached hydrogens (tertiary/aromatic N) is 2. The van der Waals surface area contributed by atoms with Crippen molar-refractivity contribution in [1.82, 2.24) is 10.2 Å². The first-order valence-electron chi connectivity index (χ1n) is 12.4. The SMILES string of the molecule is CCCNC(=O)C(C)N(Cc1ccc(Cl)cc1Cl)C(=O)CN(c1cccc(Cl)c1Cl)S(=O)(=O)c1ccc(C)cc1. The number of nitrogens with one attached hydrogen (secondary N) is 1. The van der Waals surface area contributed by atoms with Crippen molar-refractivity contribution in [2.45, 2.75) is 44.7 Å². The summed E-state index contributed by atoms with van der Waals surface area (Å²) >= 11 is 25.1. The van der Waals surface area contributed by atoms with Crippen molar-refractivity contribution in [1.29, 1.82) is 0 Å². The molecule has 0 aliphatic rings. The maximum atomic E-state index is 14.0. The van der Waals surface area contributed by atoms with Crippen LogP contribution in [0.3, 0.4) is 0 Å². The molecular weight excluding hydrogens is 616 g/mol. The highest BCUT2D eigenvalue weighted by Crippen LogP contribution is 2.35. The average molecular weight is 645 g/mol. The highest BCUT2D eigenvalue weighted by molar-refractivity contribution is 7.92. The zero-order chi connectivity index (χ0) is 29.6. The number of hydrogen-bond donors (Lipinski definition) is 1. The first-order valence-corrected chi connectivity index (χ1v) is 15.4. The fourth-order valence-corrected chi connectivity index (χ4v) is 6.19. The molecule has 0 saturated heterocycles. The molecule has 0 spiro atoms. The van der Waals surface area contributed by atoms with Crippen LogP contribution in [0.25, 0.3) is 0 Å². The summed E-state index contributed by atoms with van der Waals surface area (Å²) in [5.41, 5.74) is 1.42. The Morgan fingerprint density at radius 1 is 0.950 bits per heavy atom. The van der Waals surface area contributed by atoms with Crippen molar-refractivity contribution >= 4 is 73.9 Å². The van der Waals surface area contributed by atoms with E-state index in [0.717, 1.165) is 9.87 Å². The molecule has 1 N–H and O–H groups in total. The molecule has 0 saturated carbocycles. The van der Waals surface area contributed by atoms with Gasteiger partial charge in [-0.3, -0.25) is 13.9 Å². The van der Waals surface area contributed by atoms with Gasteiger partial charge in [0.1, 0.15) is 12.6 Å². The van der Waals surface area contributed by atoms with Crippen LogP contribution in [-0.2, 0) is 26.2 Å². The van der Waals surface area contributed by atoms with E-state index in [-0.39, 0.29) is 27.2 Å². The highest BCUT2D eigenvalue weighted by atomic mass is 35.5. The predicted octanol–water partition coefficient (Wildman–Crippen LogP) is 6.75. The highest BCUT2D eigenvalue weighted by Gasteiger charge is 2.34. The number of hydrogen-bond acceptors (Lipinski definition) is 4. The molecule has 0 fully saturated rings. The molecule has 0 heterocycles. The summed E-state index contributed by atoms with van der Waals surface area (Å²) in [6.07, 6.45) is 0.700. The largest absolute Gasteiger partial charge is 0.354 e. The summed E-state index contributed by atoms with van der Waals surface area (Å²) in [7, 11) is -4.29. The number of sulfonamides is 1. The maximum Gasteiger partial charge on any atom is 0.264 e. The van der Waals surface area contributed by atoms with Crippen molar-refractivity contribution in [3.05, 3.63) is 91.9 Å². The van der Waals surface area contributed by atoms with E-state index in [0.29, 0.717) is 28.6 Å². The lowest BCUT2D eigenvalue weighted by molar-refractivity contribution is -0.139. The van der Waals surface area contributed by atoms with Crippen molar-refractivity contribution in [3.8, 4) is 0 Å². The Kier molecular flexibility index (Phi) is 11.1. The van der Waals surface area contributed by atoms with Gasteiger partial charge in [0.25, 0.3) is 10.0 Å². The number of amides is 2. The van der Waals surface area contributed by atoms with E-state index in [4.69, 9.17) is 46.4 Å². The van der Waals surface area contributed by atoms with E-state index < -0.39 is 34.4 Å². The molecule has 3 aromatic carbocycles. The molecule has 214 valence electrons. The normalized spacial score (nSPS) is 12.1. The van der Waals surface area contributed by atoms with Crippen molar-refractivity contribution in [2.75, 3.05) is 17.4 Å². The summed E-state index contributed by atoms with van der Waals surface area (Å²) < 4.78 is 28.7. The van der Waals surface area contributed by atoms with Crippen LogP contribution in [0.5, 0.6) is 0 Å². The van der Waals surface area contributed by atoms with Gasteiger partial charge in [0.15, 0.2) is 0 Å². The fourth-order valence-electron chi connectivity index (χ4n) is 3.85. The van der Waals surface area contributed by atoms with Crippen LogP contribution in [0, 0.1) is 6.92 Å². The van der Waals surface area contributed by atoms with Gasteiger partial charge in [-0.2, -0.15) is 0 Å². The first-order chi connectivity index (χ1) is 18.9. The zero-order valence-corrected chi connectivity index (χ0v) is 26.0. The van der Waals surface area contributed by atoms with E-state index in [9.17, 15) is 18.0 Å². The van der Waals surface area contributed by atoms with Crippen LogP contribution >= 0.6 is 46.4 Å². The predicted molar refractivity (Wildman–Crippen MR) is 162 cm³/mol. The van der Waals surface area contributed by atoms with Crippen LogP contribution in [0.4, 0.5) is 5.69 Å². The van der Waals surface area contributed by atoms with Gasteiger partial charge in [0.05, 0.1) is 20.6 Å². The maximum absolute atomic E-state index is 14.0. The van der Waals surface area contributed by atoms with Crippen LogP contribution in [-0.4, -0.2) is 44.3 Å². The number of rotatable bonds is 11.